The maximum absolute atomic E-state index is 14.1. The molecule has 1 unspecified atom stereocenters. The number of hydrogen-bond donors (Lipinski definition) is 4. The first kappa shape index (κ1) is 25.5. The average Bonchev–Trinajstić information content (AvgIpc) is 2.86. The molecular weight excluding hydrogens is 430 g/mol. The molecule has 1 fully saturated rings. The third-order valence-corrected chi connectivity index (χ3v) is 3.99. The monoisotopic (exact) mass is 454 g/mol. The predicted octanol–water partition coefficient (Wildman–Crippen LogP) is 2.21. The Morgan fingerprint density at radius 2 is 1.93 bits per heavy atom. The Morgan fingerprint density at radius 1 is 1.28 bits per heavy atom. The summed E-state index contributed by atoms with van der Waals surface area (Å²) < 4.78 is 24.4. The van der Waals surface area contributed by atoms with E-state index in [-0.39, 0.29) is 29.8 Å². The first-order chi connectivity index (χ1) is 13.8. The molecule has 0 saturated carbocycles. The number of halogens is 3. The minimum Gasteiger partial charge on any atom is -0.475 e. The topological polar surface area (TPSA) is 130 Å². The van der Waals surface area contributed by atoms with Gasteiger partial charge in [-0.2, -0.15) is 4.98 Å². The van der Waals surface area contributed by atoms with E-state index in [9.17, 15) is 19.4 Å². The Morgan fingerprint density at radius 3 is 2.59 bits per heavy atom. The fourth-order valence-electron chi connectivity index (χ4n) is 2.33. The van der Waals surface area contributed by atoms with Crippen LogP contribution in [0.15, 0.2) is 4.79 Å². The van der Waals surface area contributed by atoms with Gasteiger partial charge in [-0.25, -0.2) is 9.37 Å². The molecule has 12 heteroatoms. The van der Waals surface area contributed by atoms with Crippen LogP contribution in [0.5, 0.6) is 5.88 Å². The molecule has 2 aromatic rings. The molecular formula is C17H25Cl2FN4O5. The summed E-state index contributed by atoms with van der Waals surface area (Å²) in [5.74, 6) is -3.83. The first-order valence-electron chi connectivity index (χ1n) is 9.19. The van der Waals surface area contributed by atoms with Crippen LogP contribution in [0.4, 0.5) is 4.39 Å². The van der Waals surface area contributed by atoms with Crippen LogP contribution in [-0.4, -0.2) is 56.9 Å². The van der Waals surface area contributed by atoms with Crippen LogP contribution in [0.3, 0.4) is 0 Å². The smallest absolute Gasteiger partial charge is 0.297 e. The van der Waals surface area contributed by atoms with Crippen LogP contribution in [-0.2, 0) is 4.74 Å². The predicted molar refractivity (Wildman–Crippen MR) is 108 cm³/mol. The lowest BCUT2D eigenvalue weighted by Gasteiger charge is -2.28. The Bertz CT molecular complexity index is 866. The average molecular weight is 455 g/mol. The van der Waals surface area contributed by atoms with E-state index < -0.39 is 34.1 Å². The van der Waals surface area contributed by atoms with Crippen LogP contribution >= 0.6 is 23.2 Å². The molecule has 1 aliphatic rings. The standard InChI is InChI=1S/C13H13Cl2FN4O5.2C2H6/c14-9-7(16)8-6(10(21)20-12(15)18-8)11(19-9)24-4-5-13(22,23)25-3-1-2-17-5;2*1-2/h5,17,22-23H,1-4H2,(H,18,20,21);2*1-2H3. The van der Waals surface area contributed by atoms with Gasteiger partial charge in [-0.15, -0.1) is 0 Å². The van der Waals surface area contributed by atoms with Gasteiger partial charge in [0.25, 0.3) is 11.5 Å². The SMILES string of the molecule is CC.CC.O=c1[nH]c(Cl)nc2c(F)c(Cl)nc(OCC3NCCCOC3(O)O)c12. The van der Waals surface area contributed by atoms with E-state index in [0.29, 0.717) is 13.0 Å². The maximum Gasteiger partial charge on any atom is 0.297 e. The van der Waals surface area contributed by atoms with Gasteiger partial charge >= 0.3 is 0 Å². The molecule has 0 bridgehead atoms. The molecule has 0 radical (unpaired) electrons. The maximum atomic E-state index is 14.1. The van der Waals surface area contributed by atoms with Gasteiger partial charge in [0, 0.05) is 0 Å². The van der Waals surface area contributed by atoms with Gasteiger partial charge in [-0.3, -0.25) is 9.78 Å². The Kier molecular flexibility index (Phi) is 10.2. The Labute approximate surface area is 177 Å². The molecule has 0 spiro atoms. The second kappa shape index (κ2) is 11.6. The number of nitrogens with zero attached hydrogens (tertiary/aromatic N) is 2. The third-order valence-electron chi connectivity index (χ3n) is 3.56. The lowest BCUT2D eigenvalue weighted by molar-refractivity contribution is -0.349. The molecule has 1 atom stereocenters. The minimum atomic E-state index is -2.48. The summed E-state index contributed by atoms with van der Waals surface area (Å²) in [7, 11) is 0. The fourth-order valence-corrected chi connectivity index (χ4v) is 2.67. The van der Waals surface area contributed by atoms with Crippen molar-refractivity contribution in [2.24, 2.45) is 0 Å². The van der Waals surface area contributed by atoms with E-state index in [1.165, 1.54) is 0 Å². The molecule has 3 rings (SSSR count). The van der Waals surface area contributed by atoms with Crippen molar-refractivity contribution in [2.75, 3.05) is 19.8 Å². The Balaban J connectivity index is 0.000000989. The molecule has 0 amide bonds. The zero-order valence-electron chi connectivity index (χ0n) is 16.6. The highest BCUT2D eigenvalue weighted by molar-refractivity contribution is 6.30. The molecule has 3 heterocycles. The minimum absolute atomic E-state index is 0.141. The second-order valence-electron chi connectivity index (χ2n) is 5.28. The molecule has 1 aliphatic heterocycles. The van der Waals surface area contributed by atoms with E-state index in [4.69, 9.17) is 32.7 Å². The molecule has 29 heavy (non-hydrogen) atoms. The molecule has 0 aromatic carbocycles. The largest absolute Gasteiger partial charge is 0.475 e. The highest BCUT2D eigenvalue weighted by Crippen LogP contribution is 2.27. The number of aromatic nitrogens is 3. The van der Waals surface area contributed by atoms with Crippen LogP contribution in [0.1, 0.15) is 34.1 Å². The van der Waals surface area contributed by atoms with Gasteiger partial charge in [-0.1, -0.05) is 39.3 Å². The van der Waals surface area contributed by atoms with Crippen molar-refractivity contribution in [1.29, 1.82) is 0 Å². The number of ether oxygens (including phenoxy) is 2. The molecule has 4 N–H and O–H groups in total. The van der Waals surface area contributed by atoms with Crippen molar-refractivity contribution < 1.29 is 24.1 Å². The summed E-state index contributed by atoms with van der Waals surface area (Å²) in [6.45, 7) is 8.24. The second-order valence-corrected chi connectivity index (χ2v) is 6.00. The lowest BCUT2D eigenvalue weighted by atomic mass is 10.2. The van der Waals surface area contributed by atoms with E-state index >= 15 is 0 Å². The molecule has 0 aliphatic carbocycles. The van der Waals surface area contributed by atoms with Crippen molar-refractivity contribution >= 4 is 34.1 Å². The molecule has 164 valence electrons. The zero-order chi connectivity index (χ0) is 22.2. The van der Waals surface area contributed by atoms with Crippen molar-refractivity contribution in [1.82, 2.24) is 20.3 Å². The van der Waals surface area contributed by atoms with Gasteiger partial charge in [0.15, 0.2) is 11.0 Å². The van der Waals surface area contributed by atoms with Gasteiger partial charge in [0.1, 0.15) is 23.6 Å². The fraction of sp³-hybridized carbons (Fsp3) is 0.588. The van der Waals surface area contributed by atoms with Gasteiger partial charge in [-0.05, 0) is 24.6 Å². The highest BCUT2D eigenvalue weighted by atomic mass is 35.5. The Hall–Kier alpha value is -1.56. The van der Waals surface area contributed by atoms with E-state index in [1.54, 1.807) is 0 Å². The van der Waals surface area contributed by atoms with E-state index in [1.807, 2.05) is 27.7 Å². The number of H-pyrrole nitrogens is 1. The van der Waals surface area contributed by atoms with Crippen molar-refractivity contribution in [2.45, 2.75) is 46.1 Å². The zero-order valence-corrected chi connectivity index (χ0v) is 18.1. The normalized spacial score (nSPS) is 18.0. The van der Waals surface area contributed by atoms with Crippen LogP contribution in [0, 0.1) is 5.82 Å². The number of rotatable bonds is 3. The van der Waals surface area contributed by atoms with Crippen LogP contribution < -0.4 is 15.6 Å². The summed E-state index contributed by atoms with van der Waals surface area (Å²) in [5, 5.41) is 21.4. The molecule has 1 saturated heterocycles. The summed E-state index contributed by atoms with van der Waals surface area (Å²) >= 11 is 11.3. The third kappa shape index (κ3) is 6.21. The number of hydrogen-bond acceptors (Lipinski definition) is 8. The summed E-state index contributed by atoms with van der Waals surface area (Å²) in [6, 6.07) is -1.05. The van der Waals surface area contributed by atoms with Crippen molar-refractivity contribution in [3.63, 3.8) is 0 Å². The van der Waals surface area contributed by atoms with Gasteiger partial charge < -0.3 is 25.0 Å². The van der Waals surface area contributed by atoms with Gasteiger partial charge in [0.05, 0.1) is 6.61 Å². The summed E-state index contributed by atoms with van der Waals surface area (Å²) in [4.78, 5) is 21.6. The van der Waals surface area contributed by atoms with Gasteiger partial charge in [0.2, 0.25) is 11.2 Å². The van der Waals surface area contributed by atoms with Crippen molar-refractivity contribution in [3.05, 3.63) is 26.6 Å². The number of aromatic amines is 1. The van der Waals surface area contributed by atoms with Crippen LogP contribution in [0.25, 0.3) is 10.9 Å². The highest BCUT2D eigenvalue weighted by Gasteiger charge is 2.38. The first-order valence-corrected chi connectivity index (χ1v) is 9.94. The number of nitrogens with one attached hydrogen (secondary N) is 2. The quantitative estimate of drug-likeness (QED) is 0.315. The molecule has 2 aromatic heterocycles. The van der Waals surface area contributed by atoms with Crippen molar-refractivity contribution in [3.8, 4) is 5.88 Å². The summed E-state index contributed by atoms with van der Waals surface area (Å²) in [6.07, 6.45) is 0.561. The van der Waals surface area contributed by atoms with E-state index in [0.717, 1.165) is 0 Å². The van der Waals surface area contributed by atoms with E-state index in [2.05, 4.69) is 20.3 Å². The lowest BCUT2D eigenvalue weighted by Crippen LogP contribution is -2.54. The molecule has 9 nitrogen and oxygen atoms in total. The summed E-state index contributed by atoms with van der Waals surface area (Å²) in [5.41, 5.74) is -1.19. The van der Waals surface area contributed by atoms with Crippen LogP contribution in [0.2, 0.25) is 10.4 Å². The number of fused-ring (bicyclic) bond motifs is 1. The number of pyridine rings is 1. The number of aliphatic hydroxyl groups is 2.